The number of carbonyl (C=O) groups excluding carboxylic acids is 1. The van der Waals surface area contributed by atoms with Gasteiger partial charge in [-0.25, -0.2) is 14.8 Å². The maximum absolute atomic E-state index is 12.1. The van der Waals surface area contributed by atoms with Gasteiger partial charge in [0.05, 0.1) is 0 Å². The van der Waals surface area contributed by atoms with Crippen molar-refractivity contribution in [2.75, 3.05) is 24.5 Å². The molecule has 0 unspecified atom stereocenters. The van der Waals surface area contributed by atoms with E-state index in [9.17, 15) is 4.79 Å². The summed E-state index contributed by atoms with van der Waals surface area (Å²) in [6.07, 6.45) is 1.52. The lowest BCUT2D eigenvalue weighted by molar-refractivity contribution is 0.0218. The van der Waals surface area contributed by atoms with Gasteiger partial charge in [0, 0.05) is 37.6 Å². The first-order valence-electron chi connectivity index (χ1n) is 7.30. The van der Waals surface area contributed by atoms with E-state index in [2.05, 4.69) is 21.8 Å². The minimum absolute atomic E-state index is 0.160. The lowest BCUT2D eigenvalue weighted by Crippen LogP contribution is -2.55. The van der Waals surface area contributed by atoms with Crippen LogP contribution in [0.5, 0.6) is 0 Å². The summed E-state index contributed by atoms with van der Waals surface area (Å²) in [5, 5.41) is 0. The molecule has 21 heavy (non-hydrogen) atoms. The van der Waals surface area contributed by atoms with Crippen molar-refractivity contribution < 1.29 is 9.53 Å². The SMILES string of the molecule is Cc1ccnc(N2CCN(C(=O)OC(C)(C)C)C[C@@H]2C)n1. The zero-order valence-electron chi connectivity index (χ0n) is 13.5. The molecule has 1 amide bonds. The van der Waals surface area contributed by atoms with Crippen molar-refractivity contribution in [1.29, 1.82) is 0 Å². The third kappa shape index (κ3) is 4.06. The highest BCUT2D eigenvalue weighted by Gasteiger charge is 2.30. The third-order valence-corrected chi connectivity index (χ3v) is 3.32. The van der Waals surface area contributed by atoms with Crippen molar-refractivity contribution in [3.05, 3.63) is 18.0 Å². The summed E-state index contributed by atoms with van der Waals surface area (Å²) in [6, 6.07) is 2.04. The summed E-state index contributed by atoms with van der Waals surface area (Å²) in [5.74, 6) is 0.728. The summed E-state index contributed by atoms with van der Waals surface area (Å²) in [4.78, 5) is 24.8. The average Bonchev–Trinajstić information content (AvgIpc) is 2.36. The van der Waals surface area contributed by atoms with Gasteiger partial charge in [-0.15, -0.1) is 0 Å². The Bertz CT molecular complexity index is 513. The first-order chi connectivity index (χ1) is 9.76. The molecule has 6 heteroatoms. The van der Waals surface area contributed by atoms with E-state index >= 15 is 0 Å². The van der Waals surface area contributed by atoms with Crippen molar-refractivity contribution in [2.45, 2.75) is 46.3 Å². The third-order valence-electron chi connectivity index (χ3n) is 3.32. The second kappa shape index (κ2) is 5.87. The van der Waals surface area contributed by atoms with Crippen LogP contribution in [0.15, 0.2) is 12.3 Å². The molecule has 0 spiro atoms. The second-order valence-corrected chi connectivity index (χ2v) is 6.47. The Morgan fingerprint density at radius 1 is 1.38 bits per heavy atom. The highest BCUT2D eigenvalue weighted by molar-refractivity contribution is 5.68. The molecule has 1 aromatic rings. The fourth-order valence-corrected chi connectivity index (χ4v) is 2.32. The minimum Gasteiger partial charge on any atom is -0.444 e. The number of rotatable bonds is 1. The lowest BCUT2D eigenvalue weighted by Gasteiger charge is -2.40. The average molecular weight is 292 g/mol. The number of carbonyl (C=O) groups is 1. The highest BCUT2D eigenvalue weighted by Crippen LogP contribution is 2.18. The smallest absolute Gasteiger partial charge is 0.410 e. The van der Waals surface area contributed by atoms with Crippen LogP contribution in [0.1, 0.15) is 33.4 Å². The first-order valence-corrected chi connectivity index (χ1v) is 7.30. The standard InChI is InChI=1S/C15H24N4O2/c1-11-6-7-16-13(17-11)19-9-8-18(10-12(19)2)14(20)21-15(3,4)5/h6-7,12H,8-10H2,1-5H3/t12-/m0/s1. The van der Waals surface area contributed by atoms with Crippen LogP contribution in [0.2, 0.25) is 0 Å². The van der Waals surface area contributed by atoms with Crippen molar-refractivity contribution in [2.24, 2.45) is 0 Å². The fourth-order valence-electron chi connectivity index (χ4n) is 2.32. The van der Waals surface area contributed by atoms with E-state index in [0.717, 1.165) is 11.6 Å². The number of hydrogen-bond donors (Lipinski definition) is 0. The zero-order valence-corrected chi connectivity index (χ0v) is 13.5. The quantitative estimate of drug-likeness (QED) is 0.794. The van der Waals surface area contributed by atoms with Gasteiger partial charge in [0.25, 0.3) is 0 Å². The van der Waals surface area contributed by atoms with Gasteiger partial charge in [0.2, 0.25) is 5.95 Å². The van der Waals surface area contributed by atoms with Crippen molar-refractivity contribution in [3.63, 3.8) is 0 Å². The van der Waals surface area contributed by atoms with Crippen LogP contribution in [0, 0.1) is 6.92 Å². The molecule has 2 heterocycles. The Labute approximate surface area is 126 Å². The van der Waals surface area contributed by atoms with E-state index in [-0.39, 0.29) is 12.1 Å². The number of piperazine rings is 1. The van der Waals surface area contributed by atoms with E-state index in [1.807, 2.05) is 33.8 Å². The number of amides is 1. The van der Waals surface area contributed by atoms with E-state index in [1.54, 1.807) is 11.1 Å². The molecule has 1 aliphatic heterocycles. The Morgan fingerprint density at radius 2 is 2.10 bits per heavy atom. The number of hydrogen-bond acceptors (Lipinski definition) is 5. The van der Waals surface area contributed by atoms with Gasteiger partial charge in [-0.1, -0.05) is 0 Å². The molecule has 0 aromatic carbocycles. The minimum atomic E-state index is -0.461. The number of aromatic nitrogens is 2. The number of anilines is 1. The maximum atomic E-state index is 12.1. The molecule has 0 saturated carbocycles. The zero-order chi connectivity index (χ0) is 15.6. The van der Waals surface area contributed by atoms with Gasteiger partial charge in [0.1, 0.15) is 5.60 Å². The molecule has 1 fully saturated rings. The Morgan fingerprint density at radius 3 is 2.67 bits per heavy atom. The van der Waals surface area contributed by atoms with Gasteiger partial charge < -0.3 is 14.5 Å². The van der Waals surface area contributed by atoms with E-state index in [1.165, 1.54) is 0 Å². The molecule has 116 valence electrons. The predicted molar refractivity (Wildman–Crippen MR) is 81.4 cm³/mol. The van der Waals surface area contributed by atoms with E-state index < -0.39 is 5.60 Å². The van der Waals surface area contributed by atoms with Crippen LogP contribution < -0.4 is 4.90 Å². The summed E-state index contributed by atoms with van der Waals surface area (Å²) in [7, 11) is 0. The largest absolute Gasteiger partial charge is 0.444 e. The second-order valence-electron chi connectivity index (χ2n) is 6.47. The molecule has 1 aliphatic rings. The predicted octanol–water partition coefficient (Wildman–Crippen LogP) is 2.23. The molecule has 0 radical (unpaired) electrons. The Kier molecular flexibility index (Phi) is 4.34. The lowest BCUT2D eigenvalue weighted by atomic mass is 10.2. The van der Waals surface area contributed by atoms with Crippen molar-refractivity contribution in [3.8, 4) is 0 Å². The van der Waals surface area contributed by atoms with Crippen LogP contribution >= 0.6 is 0 Å². The first kappa shape index (κ1) is 15.5. The van der Waals surface area contributed by atoms with E-state index in [0.29, 0.717) is 19.6 Å². The summed E-state index contributed by atoms with van der Waals surface area (Å²) < 4.78 is 5.42. The number of aryl methyl sites for hydroxylation is 1. The van der Waals surface area contributed by atoms with Crippen molar-refractivity contribution >= 4 is 12.0 Å². The van der Waals surface area contributed by atoms with Crippen LogP contribution in [0.3, 0.4) is 0 Å². The normalized spacial score (nSPS) is 19.6. The molecule has 1 atom stereocenters. The molecule has 0 aliphatic carbocycles. The summed E-state index contributed by atoms with van der Waals surface area (Å²) in [5.41, 5.74) is 0.485. The highest BCUT2D eigenvalue weighted by atomic mass is 16.6. The molecule has 1 aromatic heterocycles. The maximum Gasteiger partial charge on any atom is 0.410 e. The van der Waals surface area contributed by atoms with Gasteiger partial charge in [-0.2, -0.15) is 0 Å². The van der Waals surface area contributed by atoms with Gasteiger partial charge in [-0.3, -0.25) is 0 Å². The van der Waals surface area contributed by atoms with Crippen molar-refractivity contribution in [1.82, 2.24) is 14.9 Å². The van der Waals surface area contributed by atoms with Gasteiger partial charge in [-0.05, 0) is 40.7 Å². The molecule has 0 bridgehead atoms. The monoisotopic (exact) mass is 292 g/mol. The fraction of sp³-hybridized carbons (Fsp3) is 0.667. The molecule has 1 saturated heterocycles. The van der Waals surface area contributed by atoms with Crippen LogP contribution in [0.4, 0.5) is 10.7 Å². The number of nitrogens with zero attached hydrogens (tertiary/aromatic N) is 4. The Balaban J connectivity index is 2.01. The van der Waals surface area contributed by atoms with Crippen LogP contribution in [-0.4, -0.2) is 52.2 Å². The summed E-state index contributed by atoms with van der Waals surface area (Å²) in [6.45, 7) is 11.6. The topological polar surface area (TPSA) is 58.6 Å². The van der Waals surface area contributed by atoms with Gasteiger partial charge in [0.15, 0.2) is 0 Å². The Hall–Kier alpha value is -1.85. The molecule has 6 nitrogen and oxygen atoms in total. The molecule has 2 rings (SSSR count). The van der Waals surface area contributed by atoms with E-state index in [4.69, 9.17) is 4.74 Å². The summed E-state index contributed by atoms with van der Waals surface area (Å²) >= 11 is 0. The van der Waals surface area contributed by atoms with Gasteiger partial charge >= 0.3 is 6.09 Å². The molecular weight excluding hydrogens is 268 g/mol. The van der Waals surface area contributed by atoms with Crippen LogP contribution in [0.25, 0.3) is 0 Å². The molecular formula is C15H24N4O2. The molecule has 0 N–H and O–H groups in total. The van der Waals surface area contributed by atoms with Crippen LogP contribution in [-0.2, 0) is 4.74 Å². The number of ether oxygens (including phenoxy) is 1.